The molecule has 1 atom stereocenters. The molecule has 0 fully saturated rings. The van der Waals surface area contributed by atoms with Crippen LogP contribution in [0, 0.1) is 5.92 Å². The second-order valence-electron chi connectivity index (χ2n) is 4.13. The van der Waals surface area contributed by atoms with E-state index >= 15 is 0 Å². The van der Waals surface area contributed by atoms with Gasteiger partial charge in [-0.2, -0.15) is 0 Å². The number of aryl methyl sites for hydroxylation is 1. The largest absolute Gasteiger partial charge is 0.481 e. The van der Waals surface area contributed by atoms with Crippen molar-refractivity contribution in [3.05, 3.63) is 34.3 Å². The van der Waals surface area contributed by atoms with Crippen LogP contribution in [0.4, 0.5) is 0 Å². The number of amides is 1. The Bertz CT molecular complexity index is 434. The van der Waals surface area contributed by atoms with Crippen LogP contribution in [0.15, 0.2) is 28.7 Å². The lowest BCUT2D eigenvalue weighted by Gasteiger charge is -2.08. The second-order valence-corrected chi connectivity index (χ2v) is 4.99. The number of carbonyl (C=O) groups is 2. The maximum absolute atomic E-state index is 11.5. The van der Waals surface area contributed by atoms with Crippen molar-refractivity contribution in [1.29, 1.82) is 0 Å². The lowest BCUT2D eigenvalue weighted by Crippen LogP contribution is -2.31. The lowest BCUT2D eigenvalue weighted by atomic mass is 10.1. The summed E-state index contributed by atoms with van der Waals surface area (Å²) in [6.07, 6.45) is 0.990. The molecule has 0 aliphatic heterocycles. The van der Waals surface area contributed by atoms with E-state index < -0.39 is 11.9 Å². The minimum absolute atomic E-state index is 0.126. The molecule has 0 saturated carbocycles. The number of nitrogens with one attached hydrogen (secondary N) is 1. The summed E-state index contributed by atoms with van der Waals surface area (Å²) in [6, 6.07) is 7.73. The number of hydrogen-bond acceptors (Lipinski definition) is 2. The summed E-state index contributed by atoms with van der Waals surface area (Å²) in [4.78, 5) is 22.1. The van der Waals surface area contributed by atoms with Gasteiger partial charge in [0.05, 0.1) is 5.92 Å². The summed E-state index contributed by atoms with van der Waals surface area (Å²) in [5.74, 6) is -1.59. The Labute approximate surface area is 115 Å². The van der Waals surface area contributed by atoms with Gasteiger partial charge in [-0.1, -0.05) is 41.1 Å². The molecule has 0 spiro atoms. The van der Waals surface area contributed by atoms with Crippen molar-refractivity contribution in [1.82, 2.24) is 5.32 Å². The average Bonchev–Trinajstić information content (AvgIpc) is 2.34. The first-order valence-corrected chi connectivity index (χ1v) is 6.53. The standard InChI is InChI=1S/C13H16BrNO3/c1-9(13(17)18)8-15-12(16)7-6-10-4-2-3-5-11(10)14/h2-5,9H,6-8H2,1H3,(H,15,16)(H,17,18)/t9-/m0/s1. The smallest absolute Gasteiger partial charge is 0.308 e. The van der Waals surface area contributed by atoms with Gasteiger partial charge >= 0.3 is 5.97 Å². The van der Waals surface area contributed by atoms with Crippen LogP contribution in [0.1, 0.15) is 18.9 Å². The predicted octanol–water partition coefficient (Wildman–Crippen LogP) is 2.22. The Hall–Kier alpha value is -1.36. The average molecular weight is 314 g/mol. The van der Waals surface area contributed by atoms with E-state index in [0.717, 1.165) is 10.0 Å². The van der Waals surface area contributed by atoms with Gasteiger partial charge in [0.25, 0.3) is 0 Å². The van der Waals surface area contributed by atoms with Crippen molar-refractivity contribution in [3.8, 4) is 0 Å². The molecular formula is C13H16BrNO3. The molecule has 1 aromatic rings. The normalized spacial score (nSPS) is 11.9. The maximum Gasteiger partial charge on any atom is 0.308 e. The zero-order valence-electron chi connectivity index (χ0n) is 10.1. The van der Waals surface area contributed by atoms with Gasteiger partial charge in [-0.15, -0.1) is 0 Å². The Kier molecular flexibility index (Phi) is 5.85. The van der Waals surface area contributed by atoms with Gasteiger partial charge in [0, 0.05) is 17.4 Å². The number of carboxylic acid groups (broad SMARTS) is 1. The number of halogens is 1. The van der Waals surface area contributed by atoms with E-state index in [1.54, 1.807) is 6.92 Å². The third kappa shape index (κ3) is 4.87. The molecule has 4 nitrogen and oxygen atoms in total. The molecule has 0 bridgehead atoms. The van der Waals surface area contributed by atoms with E-state index in [-0.39, 0.29) is 12.5 Å². The maximum atomic E-state index is 11.5. The summed E-state index contributed by atoms with van der Waals surface area (Å²) in [7, 11) is 0. The summed E-state index contributed by atoms with van der Waals surface area (Å²) in [5, 5.41) is 11.3. The van der Waals surface area contributed by atoms with Crippen LogP contribution in [0.3, 0.4) is 0 Å². The Morgan fingerprint density at radius 2 is 2.06 bits per heavy atom. The monoisotopic (exact) mass is 313 g/mol. The van der Waals surface area contributed by atoms with Crippen LogP contribution in [0.25, 0.3) is 0 Å². The zero-order chi connectivity index (χ0) is 13.5. The molecule has 2 N–H and O–H groups in total. The van der Waals surface area contributed by atoms with Crippen LogP contribution < -0.4 is 5.32 Å². The number of carbonyl (C=O) groups excluding carboxylic acids is 1. The van der Waals surface area contributed by atoms with E-state index in [9.17, 15) is 9.59 Å². The highest BCUT2D eigenvalue weighted by Gasteiger charge is 2.12. The molecule has 0 heterocycles. The van der Waals surface area contributed by atoms with Crippen molar-refractivity contribution >= 4 is 27.8 Å². The summed E-state index contributed by atoms with van der Waals surface area (Å²) in [6.45, 7) is 1.74. The van der Waals surface area contributed by atoms with E-state index in [2.05, 4.69) is 21.2 Å². The van der Waals surface area contributed by atoms with Crippen LogP contribution in [0.2, 0.25) is 0 Å². The quantitative estimate of drug-likeness (QED) is 0.846. The Balaban J connectivity index is 2.34. The van der Waals surface area contributed by atoms with Crippen molar-refractivity contribution < 1.29 is 14.7 Å². The van der Waals surface area contributed by atoms with E-state index in [1.807, 2.05) is 24.3 Å². The Morgan fingerprint density at radius 3 is 2.67 bits per heavy atom. The molecule has 0 aliphatic rings. The molecule has 1 aromatic carbocycles. The van der Waals surface area contributed by atoms with Crippen LogP contribution in [0.5, 0.6) is 0 Å². The van der Waals surface area contributed by atoms with Crippen LogP contribution >= 0.6 is 15.9 Å². The van der Waals surface area contributed by atoms with Crippen molar-refractivity contribution in [2.75, 3.05) is 6.54 Å². The fourth-order valence-corrected chi connectivity index (χ4v) is 1.87. The Morgan fingerprint density at radius 1 is 1.39 bits per heavy atom. The predicted molar refractivity (Wildman–Crippen MR) is 72.3 cm³/mol. The number of carboxylic acids is 1. The van der Waals surface area contributed by atoms with Crippen LogP contribution in [-0.4, -0.2) is 23.5 Å². The first kappa shape index (κ1) is 14.7. The van der Waals surface area contributed by atoms with Crippen molar-refractivity contribution in [2.45, 2.75) is 19.8 Å². The molecular weight excluding hydrogens is 298 g/mol. The van der Waals surface area contributed by atoms with E-state index in [0.29, 0.717) is 12.8 Å². The van der Waals surface area contributed by atoms with Gasteiger partial charge in [-0.05, 0) is 18.1 Å². The summed E-state index contributed by atoms with van der Waals surface area (Å²) < 4.78 is 0.983. The minimum atomic E-state index is -0.902. The van der Waals surface area contributed by atoms with Gasteiger partial charge in [0.1, 0.15) is 0 Å². The topological polar surface area (TPSA) is 66.4 Å². The third-order valence-corrected chi connectivity index (χ3v) is 3.38. The number of rotatable bonds is 6. The summed E-state index contributed by atoms with van der Waals surface area (Å²) in [5.41, 5.74) is 1.07. The van der Waals surface area contributed by atoms with Gasteiger partial charge in [0.2, 0.25) is 5.91 Å². The molecule has 0 aliphatic carbocycles. The molecule has 98 valence electrons. The molecule has 0 aromatic heterocycles. The van der Waals surface area contributed by atoms with Crippen molar-refractivity contribution in [2.24, 2.45) is 5.92 Å². The number of hydrogen-bond donors (Lipinski definition) is 2. The molecule has 1 rings (SSSR count). The highest BCUT2D eigenvalue weighted by Crippen LogP contribution is 2.17. The van der Waals surface area contributed by atoms with Crippen LogP contribution in [-0.2, 0) is 16.0 Å². The molecule has 5 heteroatoms. The first-order valence-electron chi connectivity index (χ1n) is 5.73. The SMILES string of the molecule is C[C@@H](CNC(=O)CCc1ccccc1Br)C(=O)O. The molecule has 0 radical (unpaired) electrons. The lowest BCUT2D eigenvalue weighted by molar-refractivity contribution is -0.141. The third-order valence-electron chi connectivity index (χ3n) is 2.61. The minimum Gasteiger partial charge on any atom is -0.481 e. The first-order chi connectivity index (χ1) is 8.50. The zero-order valence-corrected chi connectivity index (χ0v) is 11.7. The number of benzene rings is 1. The fourth-order valence-electron chi connectivity index (χ4n) is 1.39. The van der Waals surface area contributed by atoms with E-state index in [4.69, 9.17) is 5.11 Å². The molecule has 18 heavy (non-hydrogen) atoms. The second kappa shape index (κ2) is 7.16. The molecule has 0 saturated heterocycles. The van der Waals surface area contributed by atoms with Gasteiger partial charge in [-0.3, -0.25) is 9.59 Å². The molecule has 1 amide bonds. The van der Waals surface area contributed by atoms with E-state index in [1.165, 1.54) is 0 Å². The van der Waals surface area contributed by atoms with Gasteiger partial charge < -0.3 is 10.4 Å². The van der Waals surface area contributed by atoms with Gasteiger partial charge in [-0.25, -0.2) is 0 Å². The fraction of sp³-hybridized carbons (Fsp3) is 0.385. The molecule has 0 unspecified atom stereocenters. The number of aliphatic carboxylic acids is 1. The highest BCUT2D eigenvalue weighted by molar-refractivity contribution is 9.10. The van der Waals surface area contributed by atoms with Gasteiger partial charge in [0.15, 0.2) is 0 Å². The van der Waals surface area contributed by atoms with Crippen molar-refractivity contribution in [3.63, 3.8) is 0 Å². The highest BCUT2D eigenvalue weighted by atomic mass is 79.9. The summed E-state index contributed by atoms with van der Waals surface area (Å²) >= 11 is 3.42.